The van der Waals surface area contributed by atoms with E-state index in [1.165, 1.54) is 16.7 Å². The summed E-state index contributed by atoms with van der Waals surface area (Å²) in [4.78, 5) is 6.92. The van der Waals surface area contributed by atoms with Crippen molar-refractivity contribution < 1.29 is 4.74 Å². The smallest absolute Gasteiger partial charge is 0.191 e. The summed E-state index contributed by atoms with van der Waals surface area (Å²) in [5.74, 6) is 1.95. The average molecular weight is 555 g/mol. The fourth-order valence-electron chi connectivity index (χ4n) is 4.19. The summed E-state index contributed by atoms with van der Waals surface area (Å²) in [6.45, 7) is 4.85. The minimum absolute atomic E-state index is 0. The Hall–Kier alpha value is -1.51. The number of nitrogens with zero attached hydrogens (tertiary/aromatic N) is 2. The molecule has 4 rings (SSSR count). The first-order valence-corrected chi connectivity index (χ1v) is 11.3. The number of guanidine groups is 1. The van der Waals surface area contributed by atoms with Gasteiger partial charge in [0.1, 0.15) is 5.75 Å². The first-order chi connectivity index (χ1) is 14.7. The van der Waals surface area contributed by atoms with Crippen LogP contribution in [0, 0.1) is 0 Å². The highest BCUT2D eigenvalue weighted by atomic mass is 127. The lowest BCUT2D eigenvalue weighted by molar-refractivity contribution is 0.198. The maximum absolute atomic E-state index is 5.98. The third kappa shape index (κ3) is 6.99. The van der Waals surface area contributed by atoms with Crippen LogP contribution in [0.1, 0.15) is 29.5 Å². The summed E-state index contributed by atoms with van der Waals surface area (Å²) < 4.78 is 5.59. The van der Waals surface area contributed by atoms with E-state index in [1.54, 1.807) is 0 Å². The predicted octanol–water partition coefficient (Wildman–Crippen LogP) is 4.27. The number of hydrogen-bond acceptors (Lipinski definition) is 3. The predicted molar refractivity (Wildman–Crippen MR) is 139 cm³/mol. The molecule has 2 heterocycles. The molecule has 0 radical (unpaired) electrons. The monoisotopic (exact) mass is 554 g/mol. The van der Waals surface area contributed by atoms with E-state index in [4.69, 9.17) is 16.3 Å². The van der Waals surface area contributed by atoms with Gasteiger partial charge in [-0.25, -0.2) is 0 Å². The van der Waals surface area contributed by atoms with E-state index in [0.29, 0.717) is 6.04 Å². The zero-order valence-electron chi connectivity index (χ0n) is 18.1. The quantitative estimate of drug-likeness (QED) is 0.318. The highest BCUT2D eigenvalue weighted by Crippen LogP contribution is 2.25. The van der Waals surface area contributed by atoms with Crippen molar-refractivity contribution in [1.29, 1.82) is 0 Å². The SMILES string of the molecule is CN=C(NCCc1ccc2c(c1)CCO2)NC1CCN(Cc2ccc(Cl)cc2)CC1.I. The molecule has 0 aliphatic carbocycles. The van der Waals surface area contributed by atoms with Gasteiger partial charge in [-0.1, -0.05) is 35.9 Å². The van der Waals surface area contributed by atoms with E-state index in [0.717, 1.165) is 75.2 Å². The Labute approximate surface area is 207 Å². The molecule has 0 amide bonds. The number of halogens is 2. The lowest BCUT2D eigenvalue weighted by atomic mass is 10.0. The molecule has 1 fully saturated rings. The molecular formula is C24H32ClIN4O. The second-order valence-corrected chi connectivity index (χ2v) is 8.55. The minimum Gasteiger partial charge on any atom is -0.493 e. The Bertz CT molecular complexity index is 866. The van der Waals surface area contributed by atoms with Gasteiger partial charge in [0.15, 0.2) is 5.96 Å². The zero-order valence-corrected chi connectivity index (χ0v) is 21.2. The second kappa shape index (κ2) is 11.9. The van der Waals surface area contributed by atoms with Crippen LogP contribution in [0.15, 0.2) is 47.5 Å². The number of ether oxygens (including phenoxy) is 1. The largest absolute Gasteiger partial charge is 0.493 e. The molecule has 2 aromatic carbocycles. The summed E-state index contributed by atoms with van der Waals surface area (Å²) >= 11 is 5.98. The summed E-state index contributed by atoms with van der Waals surface area (Å²) in [6.07, 6.45) is 4.25. The van der Waals surface area contributed by atoms with Crippen molar-refractivity contribution in [3.63, 3.8) is 0 Å². The number of hydrogen-bond donors (Lipinski definition) is 2. The van der Waals surface area contributed by atoms with Crippen LogP contribution in [0.5, 0.6) is 5.75 Å². The van der Waals surface area contributed by atoms with Crippen LogP contribution in [0.25, 0.3) is 0 Å². The van der Waals surface area contributed by atoms with Crippen molar-refractivity contribution in [3.05, 3.63) is 64.2 Å². The summed E-state index contributed by atoms with van der Waals surface area (Å²) in [7, 11) is 1.84. The maximum Gasteiger partial charge on any atom is 0.191 e. The number of benzene rings is 2. The number of nitrogens with one attached hydrogen (secondary N) is 2. The molecular weight excluding hydrogens is 523 g/mol. The van der Waals surface area contributed by atoms with Crippen molar-refractivity contribution in [2.24, 2.45) is 4.99 Å². The van der Waals surface area contributed by atoms with Gasteiger partial charge in [0.2, 0.25) is 0 Å². The van der Waals surface area contributed by atoms with Crippen molar-refractivity contribution in [2.75, 3.05) is 33.3 Å². The molecule has 0 unspecified atom stereocenters. The van der Waals surface area contributed by atoms with Gasteiger partial charge in [0, 0.05) is 50.7 Å². The van der Waals surface area contributed by atoms with Crippen LogP contribution in [0.3, 0.4) is 0 Å². The van der Waals surface area contributed by atoms with Gasteiger partial charge in [0.25, 0.3) is 0 Å². The number of aliphatic imine (C=N–C) groups is 1. The highest BCUT2D eigenvalue weighted by Gasteiger charge is 2.20. The van der Waals surface area contributed by atoms with E-state index in [2.05, 4.69) is 50.9 Å². The number of fused-ring (bicyclic) bond motifs is 1. The van der Waals surface area contributed by atoms with E-state index >= 15 is 0 Å². The number of rotatable bonds is 6. The van der Waals surface area contributed by atoms with Crippen molar-refractivity contribution in [3.8, 4) is 5.75 Å². The molecule has 0 aromatic heterocycles. The first kappa shape index (κ1) is 24.1. The Kier molecular flexibility index (Phi) is 9.29. The topological polar surface area (TPSA) is 48.9 Å². The lowest BCUT2D eigenvalue weighted by Gasteiger charge is -2.33. The normalized spacial score (nSPS) is 16.9. The Morgan fingerprint density at radius 1 is 1.13 bits per heavy atom. The standard InChI is InChI=1S/C24H31ClN4O.HI/c1-26-24(27-12-8-18-4-7-23-20(16-18)11-15-30-23)28-22-9-13-29(14-10-22)17-19-2-5-21(25)6-3-19;/h2-7,16,22H,8-15,17H2,1H3,(H2,26,27,28);1H. The Balaban J connectivity index is 0.00000272. The zero-order chi connectivity index (χ0) is 20.8. The Morgan fingerprint density at radius 3 is 2.61 bits per heavy atom. The summed E-state index contributed by atoms with van der Waals surface area (Å²) in [6, 6.07) is 15.2. The number of likely N-dealkylation sites (tertiary alicyclic amines) is 1. The third-order valence-electron chi connectivity index (χ3n) is 5.93. The molecule has 5 nitrogen and oxygen atoms in total. The first-order valence-electron chi connectivity index (χ1n) is 10.9. The summed E-state index contributed by atoms with van der Waals surface area (Å²) in [5, 5.41) is 7.87. The van der Waals surface area contributed by atoms with Crippen LogP contribution in [0.2, 0.25) is 5.02 Å². The van der Waals surface area contributed by atoms with Crippen molar-refractivity contribution in [1.82, 2.24) is 15.5 Å². The fraction of sp³-hybridized carbons (Fsp3) is 0.458. The highest BCUT2D eigenvalue weighted by molar-refractivity contribution is 14.0. The van der Waals surface area contributed by atoms with Gasteiger partial charge in [-0.15, -0.1) is 24.0 Å². The molecule has 2 N–H and O–H groups in total. The van der Waals surface area contributed by atoms with Gasteiger partial charge in [-0.2, -0.15) is 0 Å². The molecule has 0 saturated carbocycles. The van der Waals surface area contributed by atoms with E-state index < -0.39 is 0 Å². The van der Waals surface area contributed by atoms with E-state index in [1.807, 2.05) is 19.2 Å². The average Bonchev–Trinajstić information content (AvgIpc) is 3.24. The van der Waals surface area contributed by atoms with Crippen LogP contribution < -0.4 is 15.4 Å². The van der Waals surface area contributed by atoms with Crippen molar-refractivity contribution in [2.45, 2.75) is 38.3 Å². The molecule has 2 aliphatic rings. The molecule has 0 bridgehead atoms. The minimum atomic E-state index is 0. The van der Waals surface area contributed by atoms with E-state index in [9.17, 15) is 0 Å². The summed E-state index contributed by atoms with van der Waals surface area (Å²) in [5.41, 5.74) is 4.00. The van der Waals surface area contributed by atoms with Gasteiger partial charge in [-0.05, 0) is 54.2 Å². The van der Waals surface area contributed by atoms with Crippen LogP contribution >= 0.6 is 35.6 Å². The van der Waals surface area contributed by atoms with Gasteiger partial charge in [0.05, 0.1) is 6.61 Å². The van der Waals surface area contributed by atoms with Crippen LogP contribution in [0.4, 0.5) is 0 Å². The molecule has 168 valence electrons. The molecule has 1 saturated heterocycles. The van der Waals surface area contributed by atoms with Gasteiger partial charge in [-0.3, -0.25) is 9.89 Å². The van der Waals surface area contributed by atoms with Crippen molar-refractivity contribution >= 4 is 41.5 Å². The Morgan fingerprint density at radius 2 is 1.87 bits per heavy atom. The lowest BCUT2D eigenvalue weighted by Crippen LogP contribution is -2.48. The molecule has 2 aromatic rings. The molecule has 31 heavy (non-hydrogen) atoms. The maximum atomic E-state index is 5.98. The molecule has 7 heteroatoms. The van der Waals surface area contributed by atoms with Gasteiger partial charge < -0.3 is 15.4 Å². The fourth-order valence-corrected chi connectivity index (χ4v) is 4.32. The number of piperidine rings is 1. The van der Waals surface area contributed by atoms with Gasteiger partial charge >= 0.3 is 0 Å². The second-order valence-electron chi connectivity index (χ2n) is 8.11. The van der Waals surface area contributed by atoms with E-state index in [-0.39, 0.29) is 24.0 Å². The third-order valence-corrected chi connectivity index (χ3v) is 6.18. The van der Waals surface area contributed by atoms with Crippen LogP contribution in [-0.2, 0) is 19.4 Å². The van der Waals surface area contributed by atoms with Crippen LogP contribution in [-0.4, -0.2) is 50.2 Å². The molecule has 0 spiro atoms. The molecule has 2 aliphatic heterocycles. The molecule has 0 atom stereocenters.